The third-order valence-corrected chi connectivity index (χ3v) is 4.38. The van der Waals surface area contributed by atoms with E-state index in [4.69, 9.17) is 14.0 Å². The molecule has 0 aliphatic carbocycles. The maximum absolute atomic E-state index is 14.3. The lowest BCUT2D eigenvalue weighted by Crippen LogP contribution is -2.41. The first-order valence-electron chi connectivity index (χ1n) is 6.06. The van der Waals surface area contributed by atoms with E-state index in [-0.39, 0.29) is 5.75 Å². The summed E-state index contributed by atoms with van der Waals surface area (Å²) in [7, 11) is 0.733. The fourth-order valence-electron chi connectivity index (χ4n) is 1.87. The van der Waals surface area contributed by atoms with Gasteiger partial charge in [0.05, 0.1) is 18.3 Å². The molecule has 104 valence electrons. The van der Waals surface area contributed by atoms with Crippen LogP contribution in [0.5, 0.6) is 5.75 Å². The second-order valence-electron chi connectivity index (χ2n) is 5.60. The molecule has 0 radical (unpaired) electrons. The van der Waals surface area contributed by atoms with E-state index in [1.54, 1.807) is 12.1 Å². The van der Waals surface area contributed by atoms with Gasteiger partial charge in [0.15, 0.2) is 11.6 Å². The van der Waals surface area contributed by atoms with E-state index in [1.165, 1.54) is 7.11 Å². The second-order valence-corrected chi connectivity index (χ2v) is 6.85. The molecule has 1 aromatic carbocycles. The zero-order chi connectivity index (χ0) is 14.4. The highest BCUT2D eigenvalue weighted by molar-refractivity contribution is 14.1. The molecule has 0 spiro atoms. The van der Waals surface area contributed by atoms with Crippen molar-refractivity contribution in [2.24, 2.45) is 0 Å². The van der Waals surface area contributed by atoms with Crippen LogP contribution in [0.3, 0.4) is 0 Å². The molecule has 1 aliphatic rings. The lowest BCUT2D eigenvalue weighted by Gasteiger charge is -2.32. The minimum absolute atomic E-state index is 0.205. The number of ether oxygens (including phenoxy) is 1. The molecular weight excluding hydrogens is 361 g/mol. The van der Waals surface area contributed by atoms with Gasteiger partial charge in [-0.05, 0) is 62.4 Å². The predicted octanol–water partition coefficient (Wildman–Crippen LogP) is 2.74. The Morgan fingerprint density at radius 3 is 2.16 bits per heavy atom. The fraction of sp³-hybridized carbons (Fsp3) is 0.538. The number of rotatable bonds is 2. The Balaban J connectivity index is 2.42. The summed E-state index contributed by atoms with van der Waals surface area (Å²) < 4.78 is 32.0. The van der Waals surface area contributed by atoms with Crippen LogP contribution in [-0.2, 0) is 9.31 Å². The molecule has 1 heterocycles. The molecule has 3 nitrogen and oxygen atoms in total. The van der Waals surface area contributed by atoms with Crippen LogP contribution in [0, 0.1) is 9.39 Å². The van der Waals surface area contributed by atoms with E-state index in [1.807, 2.05) is 27.7 Å². The molecule has 0 atom stereocenters. The molecule has 1 fully saturated rings. The Kier molecular flexibility index (Phi) is 3.88. The lowest BCUT2D eigenvalue weighted by atomic mass is 9.78. The van der Waals surface area contributed by atoms with Crippen molar-refractivity contribution in [3.63, 3.8) is 0 Å². The van der Waals surface area contributed by atoms with Crippen LogP contribution in [0.4, 0.5) is 4.39 Å². The third-order valence-electron chi connectivity index (χ3n) is 3.76. The molecule has 0 unspecified atom stereocenters. The van der Waals surface area contributed by atoms with Crippen LogP contribution in [0.1, 0.15) is 27.7 Å². The summed E-state index contributed by atoms with van der Waals surface area (Å²) in [5.41, 5.74) is -0.598. The maximum Gasteiger partial charge on any atom is 0.498 e. The Labute approximate surface area is 127 Å². The van der Waals surface area contributed by atoms with E-state index in [9.17, 15) is 4.39 Å². The van der Waals surface area contributed by atoms with Gasteiger partial charge in [0.1, 0.15) is 0 Å². The molecule has 0 saturated carbocycles. The van der Waals surface area contributed by atoms with Gasteiger partial charge in [-0.2, -0.15) is 0 Å². The second kappa shape index (κ2) is 4.89. The highest BCUT2D eigenvalue weighted by Gasteiger charge is 2.52. The number of halogens is 2. The highest BCUT2D eigenvalue weighted by Crippen LogP contribution is 2.37. The first kappa shape index (κ1) is 15.1. The minimum Gasteiger partial charge on any atom is -0.494 e. The smallest absolute Gasteiger partial charge is 0.494 e. The van der Waals surface area contributed by atoms with E-state index in [0.717, 1.165) is 3.57 Å². The molecular formula is C13H17BFIO3. The Bertz CT molecular complexity index is 489. The van der Waals surface area contributed by atoms with Crippen molar-refractivity contribution in [2.75, 3.05) is 7.11 Å². The third kappa shape index (κ3) is 2.62. The zero-order valence-electron chi connectivity index (χ0n) is 11.7. The molecule has 0 amide bonds. The van der Waals surface area contributed by atoms with Crippen LogP contribution in [-0.4, -0.2) is 25.4 Å². The molecule has 0 aromatic heterocycles. The first-order valence-corrected chi connectivity index (χ1v) is 7.14. The predicted molar refractivity (Wildman–Crippen MR) is 81.4 cm³/mol. The van der Waals surface area contributed by atoms with Gasteiger partial charge in [-0.3, -0.25) is 0 Å². The number of hydrogen-bond acceptors (Lipinski definition) is 3. The lowest BCUT2D eigenvalue weighted by molar-refractivity contribution is 0.00578. The van der Waals surface area contributed by atoms with Crippen molar-refractivity contribution in [1.29, 1.82) is 0 Å². The van der Waals surface area contributed by atoms with Crippen LogP contribution < -0.4 is 10.2 Å². The molecule has 6 heteroatoms. The average molecular weight is 378 g/mol. The van der Waals surface area contributed by atoms with Gasteiger partial charge in [-0.15, -0.1) is 0 Å². The van der Waals surface area contributed by atoms with Gasteiger partial charge in [0, 0.05) is 9.03 Å². The van der Waals surface area contributed by atoms with Crippen molar-refractivity contribution in [1.82, 2.24) is 0 Å². The minimum atomic E-state index is -0.714. The summed E-state index contributed by atoms with van der Waals surface area (Å²) in [4.78, 5) is 0. The van der Waals surface area contributed by atoms with Gasteiger partial charge in [-0.1, -0.05) is 0 Å². The molecule has 0 N–H and O–H groups in total. The topological polar surface area (TPSA) is 27.7 Å². The van der Waals surface area contributed by atoms with Gasteiger partial charge < -0.3 is 14.0 Å². The SMILES string of the molecule is COc1cc(I)cc(B2OC(C)(C)C(C)(C)O2)c1F. The number of benzene rings is 1. The summed E-state index contributed by atoms with van der Waals surface area (Å²) >= 11 is 2.12. The first-order chi connectivity index (χ1) is 8.68. The monoisotopic (exact) mass is 378 g/mol. The highest BCUT2D eigenvalue weighted by atomic mass is 127. The van der Waals surface area contributed by atoms with E-state index >= 15 is 0 Å². The normalized spacial score (nSPS) is 20.7. The van der Waals surface area contributed by atoms with Crippen molar-refractivity contribution >= 4 is 35.2 Å². The van der Waals surface area contributed by atoms with Crippen molar-refractivity contribution < 1.29 is 18.4 Å². The van der Waals surface area contributed by atoms with Crippen LogP contribution in [0.15, 0.2) is 12.1 Å². The standard InChI is InChI=1S/C13H17BFIO3/c1-12(2)13(3,4)19-14(18-12)9-6-8(16)7-10(17-5)11(9)15/h6-7H,1-5H3. The van der Waals surface area contributed by atoms with E-state index < -0.39 is 24.1 Å². The maximum atomic E-state index is 14.3. The Hall–Kier alpha value is -0.335. The summed E-state index contributed by atoms with van der Waals surface area (Å²) in [6.45, 7) is 7.76. The number of methoxy groups -OCH3 is 1. The van der Waals surface area contributed by atoms with E-state index in [2.05, 4.69) is 22.6 Å². The molecule has 2 rings (SSSR count). The van der Waals surface area contributed by atoms with Gasteiger partial charge in [-0.25, -0.2) is 4.39 Å². The van der Waals surface area contributed by atoms with Gasteiger partial charge in [0.2, 0.25) is 0 Å². The largest absolute Gasteiger partial charge is 0.498 e. The van der Waals surface area contributed by atoms with Crippen LogP contribution in [0.25, 0.3) is 0 Å². The van der Waals surface area contributed by atoms with Gasteiger partial charge >= 0.3 is 7.12 Å². The van der Waals surface area contributed by atoms with Crippen LogP contribution >= 0.6 is 22.6 Å². The quantitative estimate of drug-likeness (QED) is 0.586. The zero-order valence-corrected chi connectivity index (χ0v) is 13.9. The van der Waals surface area contributed by atoms with Crippen molar-refractivity contribution in [3.05, 3.63) is 21.5 Å². The van der Waals surface area contributed by atoms with Gasteiger partial charge in [0.25, 0.3) is 0 Å². The summed E-state index contributed by atoms with van der Waals surface area (Å²) in [6, 6.07) is 3.37. The summed E-state index contributed by atoms with van der Waals surface area (Å²) in [5, 5.41) is 0. The van der Waals surface area contributed by atoms with Crippen molar-refractivity contribution in [2.45, 2.75) is 38.9 Å². The number of hydrogen-bond donors (Lipinski definition) is 0. The average Bonchev–Trinajstić information content (AvgIpc) is 2.50. The Morgan fingerprint density at radius 2 is 1.68 bits per heavy atom. The van der Waals surface area contributed by atoms with E-state index in [0.29, 0.717) is 5.46 Å². The summed E-state index contributed by atoms with van der Waals surface area (Å²) in [5.74, 6) is -0.224. The Morgan fingerprint density at radius 1 is 1.16 bits per heavy atom. The summed E-state index contributed by atoms with van der Waals surface area (Å²) in [6.07, 6.45) is 0. The van der Waals surface area contributed by atoms with Crippen LogP contribution in [0.2, 0.25) is 0 Å². The van der Waals surface area contributed by atoms with Crippen molar-refractivity contribution in [3.8, 4) is 5.75 Å². The molecule has 19 heavy (non-hydrogen) atoms. The molecule has 1 saturated heterocycles. The molecule has 1 aliphatic heterocycles. The fourth-order valence-corrected chi connectivity index (χ4v) is 2.49. The molecule has 1 aromatic rings. The molecule has 0 bridgehead atoms.